The summed E-state index contributed by atoms with van der Waals surface area (Å²) in [6.45, 7) is 6.01. The summed E-state index contributed by atoms with van der Waals surface area (Å²) >= 11 is 0. The maximum atomic E-state index is 13.3. The fourth-order valence-corrected chi connectivity index (χ4v) is 4.67. The van der Waals surface area contributed by atoms with Crippen LogP contribution in [-0.4, -0.2) is 58.3 Å². The van der Waals surface area contributed by atoms with Gasteiger partial charge in [0.2, 0.25) is 5.91 Å². The van der Waals surface area contributed by atoms with E-state index in [2.05, 4.69) is 11.4 Å². The number of carboxylic acid groups (broad SMARTS) is 1. The fraction of sp³-hybridized carbons (Fsp3) is 0.500. The number of hydrogen-bond acceptors (Lipinski definition) is 5. The van der Waals surface area contributed by atoms with E-state index in [-0.39, 0.29) is 30.5 Å². The zero-order valence-corrected chi connectivity index (χ0v) is 20.9. The number of benzene rings is 2. The van der Waals surface area contributed by atoms with Crippen molar-refractivity contribution in [1.82, 2.24) is 4.90 Å². The van der Waals surface area contributed by atoms with Crippen LogP contribution in [-0.2, 0) is 16.0 Å². The molecular formula is C28H38N2O5. The third-order valence-electron chi connectivity index (χ3n) is 6.40. The van der Waals surface area contributed by atoms with Crippen LogP contribution in [0.4, 0.5) is 5.69 Å². The summed E-state index contributed by atoms with van der Waals surface area (Å²) in [6, 6.07) is 15.5. The molecule has 0 bridgehead atoms. The Morgan fingerprint density at radius 2 is 1.83 bits per heavy atom. The van der Waals surface area contributed by atoms with Crippen molar-refractivity contribution in [1.29, 1.82) is 0 Å². The monoisotopic (exact) mass is 482 g/mol. The molecule has 0 unspecified atom stereocenters. The predicted molar refractivity (Wildman–Crippen MR) is 137 cm³/mol. The van der Waals surface area contributed by atoms with Crippen molar-refractivity contribution in [3.63, 3.8) is 0 Å². The van der Waals surface area contributed by atoms with E-state index >= 15 is 0 Å². The zero-order chi connectivity index (χ0) is 25.4. The summed E-state index contributed by atoms with van der Waals surface area (Å²) in [5, 5.41) is 23.6. The Kier molecular flexibility index (Phi) is 9.55. The number of aliphatic hydroxyl groups is 1. The van der Waals surface area contributed by atoms with E-state index in [1.807, 2.05) is 63.2 Å². The predicted octanol–water partition coefficient (Wildman–Crippen LogP) is 4.27. The number of anilines is 1. The topological polar surface area (TPSA) is 99.1 Å². The van der Waals surface area contributed by atoms with Crippen LogP contribution in [0, 0.1) is 12.8 Å². The number of hydrogen-bond donors (Lipinski definition) is 3. The molecule has 7 heteroatoms. The second-order valence-electron chi connectivity index (χ2n) is 9.76. The van der Waals surface area contributed by atoms with Crippen LogP contribution in [0.25, 0.3) is 0 Å². The van der Waals surface area contributed by atoms with Gasteiger partial charge >= 0.3 is 5.97 Å². The van der Waals surface area contributed by atoms with Crippen molar-refractivity contribution >= 4 is 17.6 Å². The highest BCUT2D eigenvalue weighted by atomic mass is 16.5. The van der Waals surface area contributed by atoms with Gasteiger partial charge in [0, 0.05) is 24.2 Å². The number of aliphatic hydroxyl groups excluding tert-OH is 1. The molecule has 1 aliphatic rings. The Bertz CT molecular complexity index is 993. The first kappa shape index (κ1) is 26.5. The van der Waals surface area contributed by atoms with Gasteiger partial charge in [0.25, 0.3) is 0 Å². The number of carboxylic acids is 1. The van der Waals surface area contributed by atoms with E-state index in [9.17, 15) is 19.8 Å². The van der Waals surface area contributed by atoms with Gasteiger partial charge in [-0.25, -0.2) is 0 Å². The van der Waals surface area contributed by atoms with E-state index in [1.165, 1.54) is 4.90 Å². The SMILES string of the molecule is Cc1cccc(CCN(CC(=O)O)C(=O)[C@@H]2CC[C@H](Nc3cccc(OC(C)C)c3)[C@@H](O)CC2)c1. The average Bonchev–Trinajstić information content (AvgIpc) is 2.97. The van der Waals surface area contributed by atoms with E-state index in [0.717, 1.165) is 22.6 Å². The van der Waals surface area contributed by atoms with E-state index in [1.54, 1.807) is 0 Å². The third kappa shape index (κ3) is 8.28. The van der Waals surface area contributed by atoms with Crippen molar-refractivity contribution in [3.05, 3.63) is 59.7 Å². The highest BCUT2D eigenvalue weighted by Gasteiger charge is 2.32. The molecule has 2 aromatic rings. The van der Waals surface area contributed by atoms with Gasteiger partial charge in [-0.2, -0.15) is 0 Å². The Balaban J connectivity index is 1.62. The first-order valence-corrected chi connectivity index (χ1v) is 12.5. The number of rotatable bonds is 10. The third-order valence-corrected chi connectivity index (χ3v) is 6.40. The summed E-state index contributed by atoms with van der Waals surface area (Å²) in [6.07, 6.45) is 2.31. The fourth-order valence-electron chi connectivity index (χ4n) is 4.67. The lowest BCUT2D eigenvalue weighted by atomic mass is 9.98. The normalized spacial score (nSPS) is 20.2. The molecule has 0 radical (unpaired) electrons. The molecule has 1 fully saturated rings. The zero-order valence-electron chi connectivity index (χ0n) is 20.9. The van der Waals surface area contributed by atoms with Gasteiger partial charge in [-0.05, 0) is 70.6 Å². The highest BCUT2D eigenvalue weighted by Crippen LogP contribution is 2.28. The van der Waals surface area contributed by atoms with Crippen LogP contribution in [0.15, 0.2) is 48.5 Å². The molecule has 35 heavy (non-hydrogen) atoms. The molecule has 0 aliphatic heterocycles. The standard InChI is InChI=1S/C28H38N2O5/c1-19(2)35-24-9-5-8-23(17-24)29-25-12-10-22(11-13-26(25)31)28(34)30(18-27(32)33)15-14-21-7-4-6-20(3)16-21/h4-9,16-17,19,22,25-26,29,31H,10-15,18H2,1-3H3,(H,32,33)/t22-,25+,26+/m1/s1. The number of aliphatic carboxylic acids is 1. The van der Waals surface area contributed by atoms with Crippen molar-refractivity contribution in [2.45, 2.75) is 71.1 Å². The molecule has 3 atom stereocenters. The summed E-state index contributed by atoms with van der Waals surface area (Å²) in [4.78, 5) is 26.3. The molecule has 7 nitrogen and oxygen atoms in total. The molecular weight excluding hydrogens is 444 g/mol. The molecule has 0 spiro atoms. The van der Waals surface area contributed by atoms with Gasteiger partial charge in [-0.15, -0.1) is 0 Å². The van der Waals surface area contributed by atoms with Gasteiger partial charge < -0.3 is 25.2 Å². The summed E-state index contributed by atoms with van der Waals surface area (Å²) in [5.74, 6) is -0.692. The smallest absolute Gasteiger partial charge is 0.323 e. The van der Waals surface area contributed by atoms with E-state index < -0.39 is 12.1 Å². The molecule has 1 amide bonds. The maximum Gasteiger partial charge on any atom is 0.323 e. The molecule has 3 rings (SSSR count). The van der Waals surface area contributed by atoms with Crippen LogP contribution >= 0.6 is 0 Å². The van der Waals surface area contributed by atoms with E-state index in [4.69, 9.17) is 4.74 Å². The molecule has 190 valence electrons. The minimum Gasteiger partial charge on any atom is -0.491 e. The van der Waals surface area contributed by atoms with Crippen molar-refractivity contribution in [2.24, 2.45) is 5.92 Å². The van der Waals surface area contributed by atoms with Crippen LogP contribution in [0.1, 0.15) is 50.7 Å². The minimum atomic E-state index is -1.01. The highest BCUT2D eigenvalue weighted by molar-refractivity contribution is 5.83. The average molecular weight is 483 g/mol. The maximum absolute atomic E-state index is 13.3. The number of aryl methyl sites for hydroxylation is 1. The lowest BCUT2D eigenvalue weighted by Gasteiger charge is -2.26. The summed E-state index contributed by atoms with van der Waals surface area (Å²) in [5.41, 5.74) is 3.08. The molecule has 0 saturated heterocycles. The molecule has 0 aromatic heterocycles. The van der Waals surface area contributed by atoms with Gasteiger partial charge in [-0.3, -0.25) is 9.59 Å². The minimum absolute atomic E-state index is 0.0696. The number of nitrogens with one attached hydrogen (secondary N) is 1. The lowest BCUT2D eigenvalue weighted by molar-refractivity contribution is -0.146. The van der Waals surface area contributed by atoms with Gasteiger partial charge in [0.1, 0.15) is 12.3 Å². The Labute approximate surface area is 208 Å². The lowest BCUT2D eigenvalue weighted by Crippen LogP contribution is -2.41. The Morgan fingerprint density at radius 1 is 1.09 bits per heavy atom. The van der Waals surface area contributed by atoms with Gasteiger partial charge in [-0.1, -0.05) is 35.9 Å². The number of amides is 1. The van der Waals surface area contributed by atoms with Crippen molar-refractivity contribution in [3.8, 4) is 5.75 Å². The Morgan fingerprint density at radius 3 is 2.54 bits per heavy atom. The van der Waals surface area contributed by atoms with Gasteiger partial charge in [0.15, 0.2) is 0 Å². The number of nitrogens with zero attached hydrogens (tertiary/aromatic N) is 1. The molecule has 2 aromatic carbocycles. The molecule has 1 saturated carbocycles. The van der Waals surface area contributed by atoms with E-state index in [0.29, 0.717) is 38.6 Å². The largest absolute Gasteiger partial charge is 0.491 e. The number of ether oxygens (including phenoxy) is 1. The first-order valence-electron chi connectivity index (χ1n) is 12.5. The summed E-state index contributed by atoms with van der Waals surface area (Å²) in [7, 11) is 0. The van der Waals surface area contributed by atoms with Crippen molar-refractivity contribution in [2.75, 3.05) is 18.4 Å². The molecule has 1 aliphatic carbocycles. The van der Waals surface area contributed by atoms with Crippen LogP contribution in [0.3, 0.4) is 0 Å². The summed E-state index contributed by atoms with van der Waals surface area (Å²) < 4.78 is 5.76. The second kappa shape index (κ2) is 12.6. The van der Waals surface area contributed by atoms with Crippen LogP contribution in [0.5, 0.6) is 5.75 Å². The molecule has 0 heterocycles. The molecule has 3 N–H and O–H groups in total. The van der Waals surface area contributed by atoms with Gasteiger partial charge in [0.05, 0.1) is 18.2 Å². The van der Waals surface area contributed by atoms with Crippen molar-refractivity contribution < 1.29 is 24.5 Å². The quantitative estimate of drug-likeness (QED) is 0.438. The second-order valence-corrected chi connectivity index (χ2v) is 9.76. The number of carbonyl (C=O) groups excluding carboxylic acids is 1. The number of carbonyl (C=O) groups is 2. The first-order chi connectivity index (χ1) is 16.7. The van der Waals surface area contributed by atoms with Crippen LogP contribution < -0.4 is 10.1 Å². The Hall–Kier alpha value is -3.06. The van der Waals surface area contributed by atoms with Crippen LogP contribution in [0.2, 0.25) is 0 Å².